The number of benzene rings is 2. The number of aliphatic hydroxyl groups is 1. The Morgan fingerprint density at radius 2 is 1.96 bits per heavy atom. The van der Waals surface area contributed by atoms with Gasteiger partial charge in [0.05, 0.1) is 27.8 Å². The van der Waals surface area contributed by atoms with Gasteiger partial charge in [-0.25, -0.2) is 4.98 Å². The number of non-ortho nitro benzene ring substituents is 1. The van der Waals surface area contributed by atoms with Gasteiger partial charge in [0.25, 0.3) is 11.2 Å². The summed E-state index contributed by atoms with van der Waals surface area (Å²) in [5.74, 6) is 0.227. The number of hydrogen-bond donors (Lipinski definition) is 1. The van der Waals surface area contributed by atoms with Crippen molar-refractivity contribution in [3.05, 3.63) is 75.0 Å². The summed E-state index contributed by atoms with van der Waals surface area (Å²) < 4.78 is 1.34. The first kappa shape index (κ1) is 19.1. The number of aliphatic hydroxyl groups excluding tert-OH is 1. The van der Waals surface area contributed by atoms with E-state index in [1.54, 1.807) is 6.07 Å². The van der Waals surface area contributed by atoms with Crippen molar-refractivity contribution in [3.8, 4) is 5.69 Å². The zero-order valence-electron chi connectivity index (χ0n) is 15.6. The average molecular weight is 380 g/mol. The van der Waals surface area contributed by atoms with Gasteiger partial charge in [0.15, 0.2) is 0 Å². The first-order chi connectivity index (χ1) is 13.5. The molecule has 1 N–H and O–H groups in total. The van der Waals surface area contributed by atoms with Gasteiger partial charge in [-0.1, -0.05) is 6.07 Å². The van der Waals surface area contributed by atoms with Crippen molar-refractivity contribution < 1.29 is 10.0 Å². The monoisotopic (exact) mass is 380 g/mol. The van der Waals surface area contributed by atoms with Gasteiger partial charge >= 0.3 is 0 Å². The molecule has 0 bridgehead atoms. The van der Waals surface area contributed by atoms with E-state index in [0.29, 0.717) is 11.2 Å². The van der Waals surface area contributed by atoms with E-state index in [4.69, 9.17) is 0 Å². The largest absolute Gasteiger partial charge is 0.515 e. The van der Waals surface area contributed by atoms with Crippen LogP contribution in [-0.2, 0) is 0 Å². The van der Waals surface area contributed by atoms with E-state index in [1.165, 1.54) is 28.8 Å². The molecule has 0 saturated heterocycles. The Balaban J connectivity index is 2.31. The maximum Gasteiger partial charge on any atom is 0.270 e. The fourth-order valence-corrected chi connectivity index (χ4v) is 3.15. The van der Waals surface area contributed by atoms with Crippen LogP contribution < -0.4 is 10.5 Å². The molecule has 0 unspecified atom stereocenters. The molecule has 0 aliphatic rings. The zero-order valence-corrected chi connectivity index (χ0v) is 15.6. The molecular formula is C20H20N4O4. The average Bonchev–Trinajstić information content (AvgIpc) is 2.69. The van der Waals surface area contributed by atoms with Crippen LogP contribution in [0, 0.1) is 10.1 Å². The van der Waals surface area contributed by atoms with E-state index < -0.39 is 10.5 Å². The number of aromatic nitrogens is 2. The van der Waals surface area contributed by atoms with Crippen LogP contribution >= 0.6 is 0 Å². The van der Waals surface area contributed by atoms with Crippen molar-refractivity contribution >= 4 is 28.4 Å². The standard InChI is InChI=1S/C20H20N4O4/c1-3-22(4-2)14-6-5-7-15(12-14)23-19(10-11-25)21-18-9-8-16(24(27)28)13-17(18)20(23)26/h5-13,25H,3-4H2,1-2H3/b11-10+. The highest BCUT2D eigenvalue weighted by Crippen LogP contribution is 2.22. The molecule has 8 nitrogen and oxygen atoms in total. The number of nitro benzene ring substituents is 1. The van der Waals surface area contributed by atoms with Crippen molar-refractivity contribution in [2.24, 2.45) is 0 Å². The minimum Gasteiger partial charge on any atom is -0.515 e. The lowest BCUT2D eigenvalue weighted by Gasteiger charge is -2.22. The van der Waals surface area contributed by atoms with Crippen molar-refractivity contribution in [2.75, 3.05) is 18.0 Å². The van der Waals surface area contributed by atoms with Crippen molar-refractivity contribution in [1.29, 1.82) is 0 Å². The third kappa shape index (κ3) is 3.44. The quantitative estimate of drug-likeness (QED) is 0.398. The first-order valence-corrected chi connectivity index (χ1v) is 8.87. The summed E-state index contributed by atoms with van der Waals surface area (Å²) in [7, 11) is 0. The van der Waals surface area contributed by atoms with Gasteiger partial charge in [-0.2, -0.15) is 0 Å². The van der Waals surface area contributed by atoms with Crippen LogP contribution in [0.1, 0.15) is 19.7 Å². The lowest BCUT2D eigenvalue weighted by atomic mass is 10.2. The number of anilines is 1. The van der Waals surface area contributed by atoms with Crippen molar-refractivity contribution in [3.63, 3.8) is 0 Å². The van der Waals surface area contributed by atoms with Crippen LogP contribution in [0.25, 0.3) is 22.7 Å². The number of rotatable bonds is 6. The van der Waals surface area contributed by atoms with Crippen LogP contribution in [0.15, 0.2) is 53.5 Å². The summed E-state index contributed by atoms with van der Waals surface area (Å²) in [5.41, 5.74) is 1.19. The summed E-state index contributed by atoms with van der Waals surface area (Å²) in [6.07, 6.45) is 2.12. The highest BCUT2D eigenvalue weighted by molar-refractivity contribution is 5.81. The van der Waals surface area contributed by atoms with Crippen LogP contribution in [0.2, 0.25) is 0 Å². The lowest BCUT2D eigenvalue weighted by molar-refractivity contribution is -0.384. The fraction of sp³-hybridized carbons (Fsp3) is 0.200. The molecule has 1 aromatic heterocycles. The Kier molecular flexibility index (Phi) is 5.39. The van der Waals surface area contributed by atoms with E-state index in [0.717, 1.165) is 25.0 Å². The molecule has 28 heavy (non-hydrogen) atoms. The molecule has 0 radical (unpaired) electrons. The fourth-order valence-electron chi connectivity index (χ4n) is 3.15. The number of nitrogens with zero attached hydrogens (tertiary/aromatic N) is 4. The molecule has 0 amide bonds. The summed E-state index contributed by atoms with van der Waals surface area (Å²) in [6.45, 7) is 5.69. The molecule has 3 aromatic rings. The summed E-state index contributed by atoms with van der Waals surface area (Å²) in [4.78, 5) is 30.3. The summed E-state index contributed by atoms with van der Waals surface area (Å²) in [5, 5.41) is 20.5. The predicted octanol–water partition coefficient (Wildman–Crippen LogP) is 3.67. The molecule has 0 aliphatic heterocycles. The van der Waals surface area contributed by atoms with Crippen LogP contribution in [0.5, 0.6) is 0 Å². The molecule has 0 atom stereocenters. The Hall–Kier alpha value is -3.68. The summed E-state index contributed by atoms with van der Waals surface area (Å²) in [6, 6.07) is 11.3. The Bertz CT molecular complexity index is 1120. The SMILES string of the molecule is CCN(CC)c1cccc(-n2c(/C=C/O)nc3ccc([N+](=O)[O-])cc3c2=O)c1. The Morgan fingerprint density at radius 1 is 1.21 bits per heavy atom. The highest BCUT2D eigenvalue weighted by Gasteiger charge is 2.15. The normalized spacial score (nSPS) is 11.2. The maximum atomic E-state index is 13.2. The van der Waals surface area contributed by atoms with Gasteiger partial charge in [-0.05, 0) is 38.1 Å². The van der Waals surface area contributed by atoms with Crippen molar-refractivity contribution in [1.82, 2.24) is 9.55 Å². The molecule has 144 valence electrons. The van der Waals surface area contributed by atoms with E-state index in [1.807, 2.05) is 32.0 Å². The lowest BCUT2D eigenvalue weighted by Crippen LogP contribution is -2.24. The van der Waals surface area contributed by atoms with Gasteiger partial charge in [-0.15, -0.1) is 0 Å². The van der Waals surface area contributed by atoms with E-state index in [2.05, 4.69) is 9.88 Å². The number of hydrogen-bond acceptors (Lipinski definition) is 6. The molecule has 0 fully saturated rings. The Labute approximate surface area is 161 Å². The van der Waals surface area contributed by atoms with Gasteiger partial charge in [0.1, 0.15) is 5.82 Å². The van der Waals surface area contributed by atoms with E-state index in [-0.39, 0.29) is 16.9 Å². The molecule has 2 aromatic carbocycles. The minimum absolute atomic E-state index is 0.137. The first-order valence-electron chi connectivity index (χ1n) is 8.87. The number of nitro groups is 1. The molecule has 1 heterocycles. The smallest absolute Gasteiger partial charge is 0.270 e. The number of fused-ring (bicyclic) bond motifs is 1. The molecular weight excluding hydrogens is 360 g/mol. The minimum atomic E-state index is -0.550. The zero-order chi connectivity index (χ0) is 20.3. The maximum absolute atomic E-state index is 13.2. The highest BCUT2D eigenvalue weighted by atomic mass is 16.6. The topological polar surface area (TPSA) is 102 Å². The summed E-state index contributed by atoms with van der Waals surface area (Å²) >= 11 is 0. The van der Waals surface area contributed by atoms with Gasteiger partial charge in [0, 0.05) is 37.0 Å². The third-order valence-electron chi connectivity index (χ3n) is 4.53. The Morgan fingerprint density at radius 3 is 2.61 bits per heavy atom. The molecule has 8 heteroatoms. The molecule has 0 aliphatic carbocycles. The third-order valence-corrected chi connectivity index (χ3v) is 4.53. The molecule has 0 saturated carbocycles. The van der Waals surface area contributed by atoms with Crippen LogP contribution in [0.4, 0.5) is 11.4 Å². The van der Waals surface area contributed by atoms with Crippen molar-refractivity contribution in [2.45, 2.75) is 13.8 Å². The second-order valence-electron chi connectivity index (χ2n) is 6.08. The van der Waals surface area contributed by atoms with Crippen LogP contribution in [0.3, 0.4) is 0 Å². The second kappa shape index (κ2) is 7.91. The molecule has 0 spiro atoms. The van der Waals surface area contributed by atoms with Gasteiger partial charge in [-0.3, -0.25) is 19.5 Å². The van der Waals surface area contributed by atoms with Gasteiger partial charge < -0.3 is 10.0 Å². The van der Waals surface area contributed by atoms with E-state index >= 15 is 0 Å². The van der Waals surface area contributed by atoms with E-state index in [9.17, 15) is 20.0 Å². The van der Waals surface area contributed by atoms with Gasteiger partial charge in [0.2, 0.25) is 0 Å². The predicted molar refractivity (Wildman–Crippen MR) is 109 cm³/mol. The molecule has 3 rings (SSSR count). The second-order valence-corrected chi connectivity index (χ2v) is 6.08. The van der Waals surface area contributed by atoms with Crippen LogP contribution in [-0.4, -0.2) is 32.7 Å².